The Morgan fingerprint density at radius 1 is 1.38 bits per heavy atom. The lowest BCUT2D eigenvalue weighted by Gasteiger charge is -2.12. The molecule has 3 rings (SSSR count). The van der Waals surface area contributed by atoms with E-state index < -0.39 is 37.0 Å². The molecule has 1 aliphatic rings. The summed E-state index contributed by atoms with van der Waals surface area (Å²) in [6, 6.07) is 0. The monoisotopic (exact) mass is 296 g/mol. The molecule has 0 amide bonds. The van der Waals surface area contributed by atoms with Crippen LogP contribution >= 0.6 is 0 Å². The maximum atomic E-state index is 11.9. The zero-order chi connectivity index (χ0) is 15.3. The van der Waals surface area contributed by atoms with Gasteiger partial charge in [-0.15, -0.1) is 0 Å². The number of aromatic nitrogens is 4. The van der Waals surface area contributed by atoms with Crippen LogP contribution in [0.3, 0.4) is 0 Å². The predicted molar refractivity (Wildman–Crippen MR) is 65.9 cm³/mol. The van der Waals surface area contributed by atoms with E-state index in [1.54, 1.807) is 20.3 Å². The van der Waals surface area contributed by atoms with Gasteiger partial charge in [-0.05, 0) is 0 Å². The van der Waals surface area contributed by atoms with Gasteiger partial charge in [-0.25, -0.2) is 9.55 Å². The Bertz CT molecular complexity index is 688. The average molecular weight is 296 g/mol. The van der Waals surface area contributed by atoms with Crippen molar-refractivity contribution in [3.8, 4) is 5.88 Å². The van der Waals surface area contributed by atoms with E-state index in [0.717, 1.165) is 0 Å². The van der Waals surface area contributed by atoms with Crippen molar-refractivity contribution >= 4 is 11.2 Å². The van der Waals surface area contributed by atoms with E-state index in [0.29, 0.717) is 11.5 Å². The maximum Gasteiger partial charge on any atom is 0.306 e. The highest BCUT2D eigenvalue weighted by Gasteiger charge is 2.46. The Kier molecular flexibility index (Phi) is 3.29. The van der Waals surface area contributed by atoms with E-state index in [9.17, 15) is 15.3 Å². The number of aliphatic hydroxyl groups excluding tert-OH is 3. The van der Waals surface area contributed by atoms with Crippen LogP contribution in [0.1, 0.15) is 12.1 Å². The Morgan fingerprint density at radius 2 is 2.10 bits per heavy atom. The van der Waals surface area contributed by atoms with Crippen LogP contribution in [0.2, 0.25) is 0 Å². The van der Waals surface area contributed by atoms with Gasteiger partial charge in [0.25, 0.3) is 0 Å². The van der Waals surface area contributed by atoms with E-state index in [-0.39, 0.29) is 5.52 Å². The molecule has 0 saturated carbocycles. The number of aryl methyl sites for hydroxylation is 2. The number of hydrogen-bond donors (Lipinski definition) is 3. The molecule has 114 valence electrons. The van der Waals surface area contributed by atoms with Crippen LogP contribution in [0.5, 0.6) is 5.88 Å². The van der Waals surface area contributed by atoms with Gasteiger partial charge in [-0.1, -0.05) is 4.98 Å². The molecule has 0 bridgehead atoms. The molecule has 2 aromatic heterocycles. The third-order valence-electron chi connectivity index (χ3n) is 3.63. The quantitative estimate of drug-likeness (QED) is 0.512. The van der Waals surface area contributed by atoms with E-state index in [1.165, 1.54) is 9.13 Å². The molecule has 1 unspecified atom stereocenters. The zero-order valence-corrected chi connectivity index (χ0v) is 11.5. The number of fused-ring (bicyclic) bond motifs is 1. The molecule has 9 nitrogen and oxygen atoms in total. The van der Waals surface area contributed by atoms with Gasteiger partial charge < -0.3 is 25.2 Å². The predicted octanol–water partition coefficient (Wildman–Crippen LogP) is -2.75. The summed E-state index contributed by atoms with van der Waals surface area (Å²) in [5.41, 5.74) is 0.586. The molecule has 2 aromatic rings. The van der Waals surface area contributed by atoms with Gasteiger partial charge in [-0.2, -0.15) is 0 Å². The molecule has 3 N–H and O–H groups in total. The minimum atomic E-state index is -1.23. The third kappa shape index (κ3) is 2.05. The third-order valence-corrected chi connectivity index (χ3v) is 3.63. The second kappa shape index (κ2) is 4.88. The minimum absolute atomic E-state index is 0.276. The molecule has 0 aromatic carbocycles. The summed E-state index contributed by atoms with van der Waals surface area (Å²) in [4.78, 5) is 7.98. The smallest absolute Gasteiger partial charge is 0.306 e. The van der Waals surface area contributed by atoms with Crippen molar-refractivity contribution in [2.75, 3.05) is 6.61 Å². The van der Waals surface area contributed by atoms with Crippen molar-refractivity contribution in [3.63, 3.8) is 0 Å². The molecule has 1 saturated heterocycles. The van der Waals surface area contributed by atoms with Gasteiger partial charge in [0.1, 0.15) is 18.3 Å². The van der Waals surface area contributed by atoms with Crippen LogP contribution in [0, 0.1) is 6.92 Å². The fraction of sp³-hybridized carbons (Fsp3) is 0.583. The average Bonchev–Trinajstić information content (AvgIpc) is 2.89. The standard InChI is InChI=1S/C12H16N4O5/c1-5-13-10-7(11(20)14-5)15(2)4-16(10)12-9(19)8(18)6(3-17)21-12/h4,6,8-9,12,17-19H,3H2,1-2H3/t6-,8?,9+,12-/m1/s1. The van der Waals surface area contributed by atoms with Crippen molar-refractivity contribution in [1.29, 1.82) is 0 Å². The Hall–Kier alpha value is -1.81. The summed E-state index contributed by atoms with van der Waals surface area (Å²) >= 11 is 0. The lowest BCUT2D eigenvalue weighted by Crippen LogP contribution is -2.46. The summed E-state index contributed by atoms with van der Waals surface area (Å²) in [5.74, 6) is -0.121. The maximum absolute atomic E-state index is 11.9. The summed E-state index contributed by atoms with van der Waals surface area (Å²) in [6.45, 7) is 1.18. The largest absolute Gasteiger partial charge is 0.856 e. The van der Waals surface area contributed by atoms with Gasteiger partial charge >= 0.3 is 5.65 Å². The second-order valence-corrected chi connectivity index (χ2v) is 5.11. The molecule has 0 aliphatic carbocycles. The minimum Gasteiger partial charge on any atom is -0.856 e. The van der Waals surface area contributed by atoms with Crippen molar-refractivity contribution in [3.05, 3.63) is 12.2 Å². The highest BCUT2D eigenvalue weighted by atomic mass is 16.6. The van der Waals surface area contributed by atoms with Gasteiger partial charge in [0.05, 0.1) is 13.7 Å². The molecular formula is C12H16N4O5. The molecular weight excluding hydrogens is 280 g/mol. The van der Waals surface area contributed by atoms with Gasteiger partial charge in [0, 0.05) is 12.8 Å². The first-order valence-corrected chi connectivity index (χ1v) is 6.48. The fourth-order valence-corrected chi connectivity index (χ4v) is 2.61. The van der Waals surface area contributed by atoms with E-state index >= 15 is 0 Å². The van der Waals surface area contributed by atoms with E-state index in [2.05, 4.69) is 9.97 Å². The SMILES string of the molecule is Cc1nc([O-])c2c(n1)[n+]([C@@H]1O[C@H](CO)C(O)[C@@H]1O)cn2C. The number of imidazole rings is 1. The Labute approximate surface area is 119 Å². The molecule has 0 spiro atoms. The highest BCUT2D eigenvalue weighted by molar-refractivity contribution is 5.72. The van der Waals surface area contributed by atoms with Crippen molar-refractivity contribution < 1.29 is 29.7 Å². The van der Waals surface area contributed by atoms with Crippen LogP contribution in [-0.4, -0.2) is 54.8 Å². The number of rotatable bonds is 2. The molecule has 21 heavy (non-hydrogen) atoms. The van der Waals surface area contributed by atoms with Crippen molar-refractivity contribution in [2.24, 2.45) is 7.05 Å². The molecule has 1 fully saturated rings. The number of nitrogens with zero attached hydrogens (tertiary/aromatic N) is 4. The number of aliphatic hydroxyl groups is 3. The summed E-state index contributed by atoms with van der Waals surface area (Å²) in [7, 11) is 1.65. The van der Waals surface area contributed by atoms with Gasteiger partial charge in [0.2, 0.25) is 12.1 Å². The molecule has 1 aliphatic heterocycles. The Morgan fingerprint density at radius 3 is 2.71 bits per heavy atom. The lowest BCUT2D eigenvalue weighted by atomic mass is 10.1. The van der Waals surface area contributed by atoms with Crippen LogP contribution < -0.4 is 9.67 Å². The molecule has 0 radical (unpaired) electrons. The summed E-state index contributed by atoms with van der Waals surface area (Å²) < 4.78 is 8.46. The topological polar surface area (TPSA) is 128 Å². The summed E-state index contributed by atoms with van der Waals surface area (Å²) in [5, 5.41) is 41.0. The first-order chi connectivity index (χ1) is 9.93. The van der Waals surface area contributed by atoms with Crippen LogP contribution in [-0.2, 0) is 11.8 Å². The zero-order valence-electron chi connectivity index (χ0n) is 11.5. The van der Waals surface area contributed by atoms with Crippen molar-refractivity contribution in [2.45, 2.75) is 31.5 Å². The van der Waals surface area contributed by atoms with E-state index in [1.807, 2.05) is 0 Å². The highest BCUT2D eigenvalue weighted by Crippen LogP contribution is 2.27. The van der Waals surface area contributed by atoms with Crippen LogP contribution in [0.4, 0.5) is 0 Å². The normalized spacial score (nSPS) is 29.4. The molecule has 3 heterocycles. The van der Waals surface area contributed by atoms with Crippen molar-refractivity contribution in [1.82, 2.24) is 14.5 Å². The van der Waals surface area contributed by atoms with Crippen LogP contribution in [0.15, 0.2) is 6.33 Å². The van der Waals surface area contributed by atoms with Gasteiger partial charge in [-0.3, -0.25) is 4.57 Å². The van der Waals surface area contributed by atoms with Crippen LogP contribution in [0.25, 0.3) is 11.2 Å². The number of hydrogen-bond acceptors (Lipinski definition) is 7. The van der Waals surface area contributed by atoms with E-state index in [4.69, 9.17) is 9.84 Å². The molecule has 4 atom stereocenters. The Balaban J connectivity index is 2.13. The summed E-state index contributed by atoms with van der Waals surface area (Å²) in [6.07, 6.45) is -2.72. The lowest BCUT2D eigenvalue weighted by molar-refractivity contribution is -0.746. The number of ether oxygens (including phenoxy) is 1. The second-order valence-electron chi connectivity index (χ2n) is 5.11. The fourth-order valence-electron chi connectivity index (χ4n) is 2.61. The first kappa shape index (κ1) is 14.1. The molecule has 9 heteroatoms. The van der Waals surface area contributed by atoms with Gasteiger partial charge in [0.15, 0.2) is 11.8 Å². The first-order valence-electron chi connectivity index (χ1n) is 6.48.